The molecule has 1 aromatic carbocycles. The second-order valence-electron chi connectivity index (χ2n) is 4.66. The molecule has 2 heterocycles. The van der Waals surface area contributed by atoms with E-state index in [-0.39, 0.29) is 10.8 Å². The van der Waals surface area contributed by atoms with Crippen LogP contribution in [0.3, 0.4) is 0 Å². The van der Waals surface area contributed by atoms with Gasteiger partial charge in [-0.3, -0.25) is 14.6 Å². The number of rotatable bonds is 3. The zero-order chi connectivity index (χ0) is 18.0. The van der Waals surface area contributed by atoms with Gasteiger partial charge in [-0.2, -0.15) is 13.2 Å². The van der Waals surface area contributed by atoms with Gasteiger partial charge < -0.3 is 0 Å². The van der Waals surface area contributed by atoms with E-state index >= 15 is 0 Å². The predicted octanol–water partition coefficient (Wildman–Crippen LogP) is 4.65. The summed E-state index contributed by atoms with van der Waals surface area (Å²) < 4.78 is 39.5. The molecule has 1 amide bonds. The van der Waals surface area contributed by atoms with Crippen molar-refractivity contribution in [2.24, 2.45) is 5.16 Å². The van der Waals surface area contributed by atoms with Crippen molar-refractivity contribution in [1.82, 2.24) is 9.38 Å². The lowest BCUT2D eigenvalue weighted by Gasteiger charge is -2.08. The number of halogens is 4. The summed E-state index contributed by atoms with van der Waals surface area (Å²) in [7, 11) is 0. The summed E-state index contributed by atoms with van der Waals surface area (Å²) in [6, 6.07) is 4.14. The summed E-state index contributed by atoms with van der Waals surface area (Å²) >= 11 is 7.30. The van der Waals surface area contributed by atoms with Crippen LogP contribution in [-0.2, 0) is 11.0 Å². The number of aromatic nitrogens is 2. The first-order valence-electron chi connectivity index (χ1n) is 6.64. The molecule has 0 bridgehead atoms. The smallest absolute Gasteiger partial charge is 0.298 e. The van der Waals surface area contributed by atoms with Crippen molar-refractivity contribution in [2.45, 2.75) is 6.18 Å². The van der Waals surface area contributed by atoms with Gasteiger partial charge in [0.05, 0.1) is 11.8 Å². The number of nitrogens with one attached hydrogen (secondary N) is 1. The molecule has 130 valence electrons. The van der Waals surface area contributed by atoms with E-state index in [1.165, 1.54) is 29.7 Å². The number of carbonyl (C=O) groups is 1. The van der Waals surface area contributed by atoms with Crippen molar-refractivity contribution in [3.63, 3.8) is 0 Å². The van der Waals surface area contributed by atoms with Crippen LogP contribution < -0.4 is 5.32 Å². The van der Waals surface area contributed by atoms with Gasteiger partial charge in [0.2, 0.25) is 0 Å². The third-order valence-corrected chi connectivity index (χ3v) is 4.04. The number of imidazole rings is 1. The van der Waals surface area contributed by atoms with E-state index in [0.717, 1.165) is 12.1 Å². The van der Waals surface area contributed by atoms with E-state index in [1.54, 1.807) is 16.0 Å². The maximum absolute atomic E-state index is 12.6. The highest BCUT2D eigenvalue weighted by Gasteiger charge is 2.30. The molecular formula is C14H8ClF3N4O2S. The van der Waals surface area contributed by atoms with Crippen molar-refractivity contribution in [3.8, 4) is 0 Å². The summed E-state index contributed by atoms with van der Waals surface area (Å²) in [6.45, 7) is 0. The maximum atomic E-state index is 12.6. The molecule has 0 aliphatic rings. The minimum Gasteiger partial charge on any atom is -0.298 e. The number of nitrogens with zero attached hydrogens (tertiary/aromatic N) is 3. The Hall–Kier alpha value is -2.59. The maximum Gasteiger partial charge on any atom is 0.437 e. The second kappa shape index (κ2) is 6.73. The number of amides is 1. The van der Waals surface area contributed by atoms with Gasteiger partial charge in [-0.05, 0) is 18.2 Å². The highest BCUT2D eigenvalue weighted by atomic mass is 35.5. The lowest BCUT2D eigenvalue weighted by molar-refractivity contribution is -0.137. The molecule has 2 aromatic heterocycles. The van der Waals surface area contributed by atoms with Gasteiger partial charge in [-0.25, -0.2) is 9.78 Å². The number of carbonyl (C=O) groups excluding carboxylic acids is 1. The van der Waals surface area contributed by atoms with E-state index in [0.29, 0.717) is 10.7 Å². The molecular weight excluding hydrogens is 381 g/mol. The van der Waals surface area contributed by atoms with Crippen LogP contribution in [0.5, 0.6) is 0 Å². The molecule has 0 aliphatic heterocycles. The van der Waals surface area contributed by atoms with Crippen molar-refractivity contribution < 1.29 is 22.8 Å². The Morgan fingerprint density at radius 2 is 2.24 bits per heavy atom. The fourth-order valence-electron chi connectivity index (χ4n) is 1.93. The molecule has 0 unspecified atom stereocenters. The van der Waals surface area contributed by atoms with Crippen LogP contribution in [0, 0.1) is 0 Å². The Kier molecular flexibility index (Phi) is 4.64. The van der Waals surface area contributed by atoms with Crippen molar-refractivity contribution in [3.05, 3.63) is 52.3 Å². The van der Waals surface area contributed by atoms with Gasteiger partial charge in [0.1, 0.15) is 5.69 Å². The Morgan fingerprint density at radius 1 is 1.44 bits per heavy atom. The monoisotopic (exact) mass is 388 g/mol. The first-order valence-corrected chi connectivity index (χ1v) is 7.90. The predicted molar refractivity (Wildman–Crippen MR) is 87.2 cm³/mol. The average molecular weight is 389 g/mol. The third-order valence-electron chi connectivity index (χ3n) is 3.00. The molecule has 0 spiro atoms. The number of benzene rings is 1. The SMILES string of the molecule is O=C(Nc1cccc(C(F)(F)F)c1)O/N=C/c1c(Cl)nc2sccn12. The topological polar surface area (TPSA) is 68.0 Å². The van der Waals surface area contributed by atoms with Gasteiger partial charge >= 0.3 is 12.3 Å². The van der Waals surface area contributed by atoms with Crippen LogP contribution in [0.4, 0.5) is 23.7 Å². The zero-order valence-corrected chi connectivity index (χ0v) is 13.7. The molecule has 0 aliphatic carbocycles. The molecule has 0 fully saturated rings. The van der Waals surface area contributed by atoms with E-state index < -0.39 is 17.8 Å². The van der Waals surface area contributed by atoms with Crippen LogP contribution in [0.1, 0.15) is 11.3 Å². The van der Waals surface area contributed by atoms with Crippen molar-refractivity contribution in [2.75, 3.05) is 5.32 Å². The number of oxime groups is 1. The Balaban J connectivity index is 1.65. The molecule has 3 rings (SSSR count). The fourth-order valence-corrected chi connectivity index (χ4v) is 2.92. The number of hydrogen-bond donors (Lipinski definition) is 1. The van der Waals surface area contributed by atoms with Gasteiger partial charge in [0.25, 0.3) is 0 Å². The molecule has 0 saturated heterocycles. The van der Waals surface area contributed by atoms with Crippen LogP contribution in [-0.4, -0.2) is 21.7 Å². The normalized spacial score (nSPS) is 12.0. The molecule has 0 atom stereocenters. The number of anilines is 1. The van der Waals surface area contributed by atoms with Crippen LogP contribution >= 0.6 is 22.9 Å². The van der Waals surface area contributed by atoms with E-state index in [9.17, 15) is 18.0 Å². The molecule has 25 heavy (non-hydrogen) atoms. The largest absolute Gasteiger partial charge is 0.437 e. The van der Waals surface area contributed by atoms with Crippen LogP contribution in [0.15, 0.2) is 41.0 Å². The lowest BCUT2D eigenvalue weighted by atomic mass is 10.2. The number of fused-ring (bicyclic) bond motifs is 1. The van der Waals surface area contributed by atoms with Crippen molar-refractivity contribution >= 4 is 45.9 Å². The first kappa shape index (κ1) is 17.2. The fraction of sp³-hybridized carbons (Fsp3) is 0.0714. The summed E-state index contributed by atoms with van der Waals surface area (Å²) in [5.74, 6) is 0. The van der Waals surface area contributed by atoms with Gasteiger partial charge in [-0.1, -0.05) is 22.8 Å². The van der Waals surface area contributed by atoms with Gasteiger partial charge in [0, 0.05) is 17.3 Å². The number of thiazole rings is 1. The second-order valence-corrected chi connectivity index (χ2v) is 5.89. The third kappa shape index (κ3) is 3.91. The van der Waals surface area contributed by atoms with E-state index in [1.807, 2.05) is 0 Å². The minimum absolute atomic E-state index is 0.0716. The Morgan fingerprint density at radius 3 is 3.00 bits per heavy atom. The van der Waals surface area contributed by atoms with E-state index in [4.69, 9.17) is 11.6 Å². The highest BCUT2D eigenvalue weighted by molar-refractivity contribution is 7.15. The summed E-state index contributed by atoms with van der Waals surface area (Å²) in [5.41, 5.74) is -0.554. The molecule has 11 heteroatoms. The summed E-state index contributed by atoms with van der Waals surface area (Å²) in [6.07, 6.45) is -2.66. The summed E-state index contributed by atoms with van der Waals surface area (Å²) in [5, 5.41) is 7.59. The zero-order valence-electron chi connectivity index (χ0n) is 12.1. The first-order chi connectivity index (χ1) is 11.8. The van der Waals surface area contributed by atoms with Crippen molar-refractivity contribution in [1.29, 1.82) is 0 Å². The number of hydrogen-bond acceptors (Lipinski definition) is 5. The van der Waals surface area contributed by atoms with E-state index in [2.05, 4.69) is 20.3 Å². The minimum atomic E-state index is -4.51. The molecule has 1 N–H and O–H groups in total. The average Bonchev–Trinajstić information content (AvgIpc) is 3.09. The highest BCUT2D eigenvalue weighted by Crippen LogP contribution is 2.30. The van der Waals surface area contributed by atoms with Gasteiger partial charge in [-0.15, -0.1) is 11.3 Å². The Bertz CT molecular complexity index is 951. The van der Waals surface area contributed by atoms with Gasteiger partial charge in [0.15, 0.2) is 10.1 Å². The molecule has 6 nitrogen and oxygen atoms in total. The lowest BCUT2D eigenvalue weighted by Crippen LogP contribution is -2.12. The van der Waals surface area contributed by atoms with Crippen LogP contribution in [0.2, 0.25) is 5.15 Å². The quantitative estimate of drug-likeness (QED) is 0.403. The molecule has 3 aromatic rings. The Labute approximate surface area is 147 Å². The standard InChI is InChI=1S/C14H8ClF3N4O2S/c15-11-10(22-4-5-25-12(22)21-11)7-19-24-13(23)20-9-3-1-2-8(6-9)14(16,17)18/h1-7H,(H,20,23)/b19-7+. The molecule has 0 radical (unpaired) electrons. The van der Waals surface area contributed by atoms with Crippen LogP contribution in [0.25, 0.3) is 4.96 Å². The summed E-state index contributed by atoms with van der Waals surface area (Å²) in [4.78, 5) is 20.9. The number of alkyl halides is 3. The molecule has 0 saturated carbocycles.